The number of rotatable bonds is 5. The van der Waals surface area contributed by atoms with Crippen LogP contribution in [0.3, 0.4) is 0 Å². The zero-order valence-corrected chi connectivity index (χ0v) is 19.4. The quantitative estimate of drug-likeness (QED) is 0.491. The summed E-state index contributed by atoms with van der Waals surface area (Å²) < 4.78 is 0. The minimum absolute atomic E-state index is 0.278. The first-order chi connectivity index (χ1) is 11.7. The van der Waals surface area contributed by atoms with Crippen LogP contribution in [0.15, 0.2) is 18.2 Å². The molecule has 0 heterocycles. The van der Waals surface area contributed by atoms with Crippen LogP contribution >= 0.6 is 23.2 Å². The number of hydrogen-bond donors (Lipinski definition) is 0. The van der Waals surface area contributed by atoms with Crippen LogP contribution in [0.2, 0.25) is 10.0 Å². The van der Waals surface area contributed by atoms with Crippen LogP contribution in [0.4, 0.5) is 0 Å². The van der Waals surface area contributed by atoms with E-state index in [1.54, 1.807) is 0 Å². The van der Waals surface area contributed by atoms with Crippen LogP contribution in [0.5, 0.6) is 0 Å². The first kappa shape index (κ1) is 29.2. The number of ketones is 1. The Morgan fingerprint density at radius 2 is 1.40 bits per heavy atom. The number of carbonyl (C=O) groups excluding carboxylic acids is 1. The minimum atomic E-state index is 0.278. The summed E-state index contributed by atoms with van der Waals surface area (Å²) in [5, 5.41) is 1.26. The van der Waals surface area contributed by atoms with Gasteiger partial charge >= 0.3 is 0 Å². The van der Waals surface area contributed by atoms with Crippen LogP contribution in [0, 0.1) is 11.8 Å². The molecule has 0 aliphatic rings. The van der Waals surface area contributed by atoms with Crippen molar-refractivity contribution in [1.82, 2.24) is 0 Å². The van der Waals surface area contributed by atoms with Crippen molar-refractivity contribution < 1.29 is 4.79 Å². The molecule has 1 nitrogen and oxygen atoms in total. The van der Waals surface area contributed by atoms with Gasteiger partial charge in [0.15, 0.2) is 0 Å². The zero-order valence-electron chi connectivity index (χ0n) is 17.9. The molecule has 25 heavy (non-hydrogen) atoms. The van der Waals surface area contributed by atoms with E-state index >= 15 is 0 Å². The molecule has 1 aromatic carbocycles. The number of Topliss-reactive ketones (excluding diaryl/α,β-unsaturated/α-hetero) is 1. The summed E-state index contributed by atoms with van der Waals surface area (Å²) in [6.07, 6.45) is 3.97. The second kappa shape index (κ2) is 19.8. The Labute approximate surface area is 167 Å². The van der Waals surface area contributed by atoms with E-state index in [1.165, 1.54) is 12.0 Å². The second-order valence-electron chi connectivity index (χ2n) is 6.03. The summed E-state index contributed by atoms with van der Waals surface area (Å²) in [5.74, 6) is 1.54. The van der Waals surface area contributed by atoms with Gasteiger partial charge in [0.1, 0.15) is 5.78 Å². The minimum Gasteiger partial charge on any atom is -0.299 e. The number of aryl methyl sites for hydroxylation is 1. The molecule has 0 saturated heterocycles. The van der Waals surface area contributed by atoms with Gasteiger partial charge in [-0.25, -0.2) is 0 Å². The van der Waals surface area contributed by atoms with Crippen molar-refractivity contribution in [2.24, 2.45) is 11.8 Å². The molecule has 1 unspecified atom stereocenters. The molecule has 148 valence electrons. The monoisotopic (exact) mass is 390 g/mol. The van der Waals surface area contributed by atoms with Crippen molar-refractivity contribution in [2.45, 2.75) is 88.0 Å². The molecule has 0 bridgehead atoms. The molecule has 0 aliphatic heterocycles. The topological polar surface area (TPSA) is 17.1 Å². The van der Waals surface area contributed by atoms with Crippen molar-refractivity contribution in [3.63, 3.8) is 0 Å². The van der Waals surface area contributed by atoms with Gasteiger partial charge in [0.2, 0.25) is 0 Å². The van der Waals surface area contributed by atoms with Crippen molar-refractivity contribution in [3.8, 4) is 0 Å². The van der Waals surface area contributed by atoms with E-state index in [0.29, 0.717) is 22.2 Å². The molecule has 0 fully saturated rings. The van der Waals surface area contributed by atoms with Gasteiger partial charge in [0.25, 0.3) is 0 Å². The van der Waals surface area contributed by atoms with Gasteiger partial charge in [-0.3, -0.25) is 4.79 Å². The molecule has 1 atom stereocenters. The van der Waals surface area contributed by atoms with E-state index < -0.39 is 0 Å². The van der Waals surface area contributed by atoms with Gasteiger partial charge < -0.3 is 0 Å². The summed E-state index contributed by atoms with van der Waals surface area (Å²) in [6, 6.07) is 5.70. The lowest BCUT2D eigenvalue weighted by Gasteiger charge is -2.02. The SMILES string of the molecule is CC.CCC(=O)C(C)CC.CCC(C)C.CCc1ccc(Cl)c(Cl)c1. The smallest absolute Gasteiger partial charge is 0.135 e. The lowest BCUT2D eigenvalue weighted by molar-refractivity contribution is -0.122. The predicted molar refractivity (Wildman–Crippen MR) is 117 cm³/mol. The molecule has 1 aromatic rings. The van der Waals surface area contributed by atoms with Gasteiger partial charge in [-0.15, -0.1) is 0 Å². The number of carbonyl (C=O) groups is 1. The van der Waals surface area contributed by atoms with Gasteiger partial charge in [0, 0.05) is 12.3 Å². The fourth-order valence-electron chi connectivity index (χ4n) is 1.34. The number of halogens is 2. The Morgan fingerprint density at radius 3 is 1.64 bits per heavy atom. The maximum absolute atomic E-state index is 10.7. The van der Waals surface area contributed by atoms with Crippen LogP contribution in [-0.4, -0.2) is 5.78 Å². The zero-order chi connectivity index (χ0) is 20.4. The number of hydrogen-bond acceptors (Lipinski definition) is 1. The highest BCUT2D eigenvalue weighted by Gasteiger charge is 2.05. The Hall–Kier alpha value is -0.530. The summed E-state index contributed by atoms with van der Waals surface area (Å²) >= 11 is 11.5. The van der Waals surface area contributed by atoms with Crippen LogP contribution in [0.25, 0.3) is 0 Å². The normalized spacial score (nSPS) is 10.4. The van der Waals surface area contributed by atoms with Gasteiger partial charge in [0.05, 0.1) is 10.0 Å². The predicted octanol–water partition coefficient (Wildman–Crippen LogP) is 8.65. The van der Waals surface area contributed by atoms with E-state index in [-0.39, 0.29) is 5.92 Å². The Morgan fingerprint density at radius 1 is 0.920 bits per heavy atom. The van der Waals surface area contributed by atoms with Crippen LogP contribution in [0.1, 0.15) is 87.1 Å². The Kier molecular flexibility index (Phi) is 23.1. The summed E-state index contributed by atoms with van der Waals surface area (Å²) in [4.78, 5) is 10.7. The molecule has 3 heteroatoms. The van der Waals surface area contributed by atoms with Gasteiger partial charge in [-0.1, -0.05) is 98.0 Å². The molecule has 0 radical (unpaired) electrons. The molecule has 0 saturated carbocycles. The lowest BCUT2D eigenvalue weighted by Crippen LogP contribution is -2.06. The third-order valence-electron chi connectivity index (χ3n) is 3.72. The highest BCUT2D eigenvalue weighted by molar-refractivity contribution is 6.42. The highest BCUT2D eigenvalue weighted by Crippen LogP contribution is 2.22. The largest absolute Gasteiger partial charge is 0.299 e. The fourth-order valence-corrected chi connectivity index (χ4v) is 1.66. The van der Waals surface area contributed by atoms with Crippen LogP contribution in [-0.2, 0) is 11.2 Å². The van der Waals surface area contributed by atoms with Crippen molar-refractivity contribution >= 4 is 29.0 Å². The third-order valence-corrected chi connectivity index (χ3v) is 4.46. The van der Waals surface area contributed by atoms with E-state index in [1.807, 2.05) is 52.8 Å². The molecular formula is C22H40Cl2O. The summed E-state index contributed by atoms with van der Waals surface area (Å²) in [6.45, 7) is 18.7. The van der Waals surface area contributed by atoms with Crippen molar-refractivity contribution in [3.05, 3.63) is 33.8 Å². The van der Waals surface area contributed by atoms with E-state index in [0.717, 1.165) is 18.8 Å². The molecule has 0 aromatic heterocycles. The average molecular weight is 391 g/mol. The number of benzene rings is 1. The standard InChI is InChI=1S/C8H8Cl2.C7H14O.C5H12.C2H6/c1-2-6-3-4-7(9)8(10)5-6;1-4-6(3)7(8)5-2;1-4-5(2)3;1-2/h3-5H,2H2,1H3;6H,4-5H2,1-3H3;5H,4H2,1-3H3;1-2H3. The Balaban J connectivity index is -0.000000291. The highest BCUT2D eigenvalue weighted by atomic mass is 35.5. The van der Waals surface area contributed by atoms with E-state index in [4.69, 9.17) is 23.2 Å². The fraction of sp³-hybridized carbons (Fsp3) is 0.682. The molecule has 1 rings (SSSR count). The van der Waals surface area contributed by atoms with E-state index in [2.05, 4.69) is 27.7 Å². The lowest BCUT2D eigenvalue weighted by atomic mass is 10.0. The van der Waals surface area contributed by atoms with Crippen molar-refractivity contribution in [2.75, 3.05) is 0 Å². The Bertz CT molecular complexity index is 428. The molecule has 0 aliphatic carbocycles. The molecule has 0 spiro atoms. The molecule has 0 N–H and O–H groups in total. The van der Waals surface area contributed by atoms with Gasteiger partial charge in [-0.2, -0.15) is 0 Å². The summed E-state index contributed by atoms with van der Waals surface area (Å²) in [5.41, 5.74) is 1.22. The maximum atomic E-state index is 10.7. The summed E-state index contributed by atoms with van der Waals surface area (Å²) in [7, 11) is 0. The first-order valence-corrected chi connectivity index (χ1v) is 10.4. The van der Waals surface area contributed by atoms with E-state index in [9.17, 15) is 4.79 Å². The average Bonchev–Trinajstić information content (AvgIpc) is 2.65. The maximum Gasteiger partial charge on any atom is 0.135 e. The first-order valence-electron chi connectivity index (χ1n) is 9.69. The van der Waals surface area contributed by atoms with Gasteiger partial charge in [-0.05, 0) is 36.5 Å². The molecular weight excluding hydrogens is 351 g/mol. The van der Waals surface area contributed by atoms with Crippen molar-refractivity contribution in [1.29, 1.82) is 0 Å². The second-order valence-corrected chi connectivity index (χ2v) is 6.85. The third kappa shape index (κ3) is 18.1. The van der Waals surface area contributed by atoms with Crippen LogP contribution < -0.4 is 0 Å². The molecule has 0 amide bonds.